The molecule has 4 aromatic heterocycles. The highest BCUT2D eigenvalue weighted by Gasteiger charge is 2.21. The van der Waals surface area contributed by atoms with E-state index in [9.17, 15) is 19.2 Å². The van der Waals surface area contributed by atoms with E-state index in [2.05, 4.69) is 30.1 Å². The number of nitrogens with one attached hydrogen (secondary N) is 4. The van der Waals surface area contributed by atoms with Gasteiger partial charge in [-0.15, -0.1) is 0 Å². The highest BCUT2D eigenvalue weighted by molar-refractivity contribution is 6.01. The molecular formula is C26H16N8O4. The predicted molar refractivity (Wildman–Crippen MR) is 140 cm³/mol. The Bertz CT molecular complexity index is 2050. The first-order valence-electron chi connectivity index (χ1n) is 11.5. The first-order chi connectivity index (χ1) is 18.6. The molecule has 0 fully saturated rings. The van der Waals surface area contributed by atoms with E-state index in [1.54, 1.807) is 24.3 Å². The molecule has 4 heterocycles. The summed E-state index contributed by atoms with van der Waals surface area (Å²) in [7, 11) is 0. The molecule has 0 aliphatic heterocycles. The van der Waals surface area contributed by atoms with Crippen LogP contribution in [0.15, 0.2) is 70.3 Å². The molecular weight excluding hydrogens is 488 g/mol. The van der Waals surface area contributed by atoms with Crippen LogP contribution in [0.1, 0.15) is 21.0 Å². The second-order valence-corrected chi connectivity index (χ2v) is 8.61. The molecule has 0 amide bonds. The first-order valence-corrected chi connectivity index (χ1v) is 11.5. The molecule has 3 aromatic carbocycles. The van der Waals surface area contributed by atoms with Crippen LogP contribution >= 0.6 is 0 Å². The van der Waals surface area contributed by atoms with Gasteiger partial charge in [0.15, 0.2) is 35.3 Å². The lowest BCUT2D eigenvalue weighted by molar-refractivity contribution is 0.111. The van der Waals surface area contributed by atoms with Gasteiger partial charge in [0.1, 0.15) is 33.1 Å². The van der Waals surface area contributed by atoms with Gasteiger partial charge in [0.25, 0.3) is 0 Å². The van der Waals surface area contributed by atoms with Crippen molar-refractivity contribution in [1.29, 1.82) is 0 Å². The van der Waals surface area contributed by atoms with E-state index >= 15 is 0 Å². The summed E-state index contributed by atoms with van der Waals surface area (Å²) in [6.07, 6.45) is 1.15. The summed E-state index contributed by atoms with van der Waals surface area (Å²) < 4.78 is 2.97. The SMILES string of the molecule is O=Cc1nn(-c2ccccc2)c2[nH]c3c(=O)c4[nH]c5c(C=O)nn(-c6ccccc6)c5[nH]c4c(=O)c3[nH]c12. The number of hydrogen-bond donors (Lipinski definition) is 4. The number of para-hydroxylation sites is 2. The number of nitrogens with zero attached hydrogens (tertiary/aromatic N) is 4. The Morgan fingerprint density at radius 1 is 0.526 bits per heavy atom. The molecule has 0 aliphatic rings. The summed E-state index contributed by atoms with van der Waals surface area (Å²) in [5.74, 6) is 0. The second-order valence-electron chi connectivity index (χ2n) is 8.61. The molecule has 7 rings (SSSR count). The van der Waals surface area contributed by atoms with Gasteiger partial charge in [-0.25, -0.2) is 9.36 Å². The van der Waals surface area contributed by atoms with Crippen molar-refractivity contribution in [3.8, 4) is 11.4 Å². The van der Waals surface area contributed by atoms with Crippen LogP contribution in [-0.4, -0.2) is 52.1 Å². The minimum absolute atomic E-state index is 0.0170. The minimum atomic E-state index is -0.524. The molecule has 4 N–H and O–H groups in total. The normalized spacial score (nSPS) is 11.6. The fourth-order valence-electron chi connectivity index (χ4n) is 4.69. The fourth-order valence-corrected chi connectivity index (χ4v) is 4.69. The molecule has 0 aliphatic carbocycles. The van der Waals surface area contributed by atoms with Crippen LogP contribution in [-0.2, 0) is 0 Å². The van der Waals surface area contributed by atoms with Crippen LogP contribution in [0.25, 0.3) is 55.8 Å². The van der Waals surface area contributed by atoms with Crippen molar-refractivity contribution in [2.24, 2.45) is 0 Å². The van der Waals surface area contributed by atoms with Gasteiger partial charge in [-0.3, -0.25) is 19.2 Å². The van der Waals surface area contributed by atoms with E-state index in [1.165, 1.54) is 9.36 Å². The maximum atomic E-state index is 13.7. The topological polar surface area (TPSA) is 167 Å². The maximum Gasteiger partial charge on any atom is 0.229 e. The molecule has 0 spiro atoms. The Kier molecular flexibility index (Phi) is 4.45. The monoisotopic (exact) mass is 504 g/mol. The average Bonchev–Trinajstić information content (AvgIpc) is 3.53. The van der Waals surface area contributed by atoms with Crippen LogP contribution in [0, 0.1) is 0 Å². The zero-order valence-electron chi connectivity index (χ0n) is 19.4. The predicted octanol–water partition coefficient (Wildman–Crippen LogP) is 2.89. The molecule has 0 radical (unpaired) electrons. The van der Waals surface area contributed by atoms with Crippen LogP contribution < -0.4 is 10.9 Å². The van der Waals surface area contributed by atoms with Crippen molar-refractivity contribution >= 4 is 57.0 Å². The number of carbonyl (C=O) groups excluding carboxylic acids is 2. The lowest BCUT2D eigenvalue weighted by Gasteiger charge is -2.07. The molecule has 0 unspecified atom stereocenters. The molecule has 12 nitrogen and oxygen atoms in total. The van der Waals surface area contributed by atoms with Crippen molar-refractivity contribution in [2.45, 2.75) is 0 Å². The van der Waals surface area contributed by atoms with Crippen molar-refractivity contribution in [1.82, 2.24) is 39.5 Å². The molecule has 12 heteroatoms. The molecule has 7 aromatic rings. The number of carbonyl (C=O) groups is 2. The highest BCUT2D eigenvalue weighted by Crippen LogP contribution is 2.23. The molecule has 0 bridgehead atoms. The summed E-state index contributed by atoms with van der Waals surface area (Å²) in [6.45, 7) is 0. The third-order valence-corrected chi connectivity index (χ3v) is 6.44. The Morgan fingerprint density at radius 3 is 1.26 bits per heavy atom. The van der Waals surface area contributed by atoms with Gasteiger partial charge in [-0.1, -0.05) is 36.4 Å². The summed E-state index contributed by atoms with van der Waals surface area (Å²) in [4.78, 5) is 62.9. The van der Waals surface area contributed by atoms with Gasteiger partial charge < -0.3 is 19.9 Å². The third-order valence-electron chi connectivity index (χ3n) is 6.44. The average molecular weight is 504 g/mol. The Balaban J connectivity index is 1.61. The smallest absolute Gasteiger partial charge is 0.229 e. The van der Waals surface area contributed by atoms with Crippen molar-refractivity contribution < 1.29 is 9.59 Å². The maximum absolute atomic E-state index is 13.7. The Hall–Kier alpha value is -5.78. The van der Waals surface area contributed by atoms with Crippen molar-refractivity contribution in [3.63, 3.8) is 0 Å². The second kappa shape index (κ2) is 7.86. The summed E-state index contributed by atoms with van der Waals surface area (Å²) in [5.41, 5.74) is 1.49. The van der Waals surface area contributed by atoms with Gasteiger partial charge in [-0.05, 0) is 24.3 Å². The van der Waals surface area contributed by atoms with Crippen molar-refractivity contribution in [2.75, 3.05) is 0 Å². The molecule has 0 saturated carbocycles. The van der Waals surface area contributed by atoms with E-state index in [0.717, 1.165) is 0 Å². The highest BCUT2D eigenvalue weighted by atomic mass is 16.1. The third kappa shape index (κ3) is 2.91. The number of fused-ring (bicyclic) bond motifs is 4. The molecule has 184 valence electrons. The summed E-state index contributed by atoms with van der Waals surface area (Å²) in [6, 6.07) is 18.1. The zero-order valence-corrected chi connectivity index (χ0v) is 19.4. The van der Waals surface area contributed by atoms with Gasteiger partial charge in [0.05, 0.1) is 11.4 Å². The number of aldehydes is 2. The van der Waals surface area contributed by atoms with Gasteiger partial charge in [0, 0.05) is 0 Å². The number of benzene rings is 3. The van der Waals surface area contributed by atoms with Gasteiger partial charge >= 0.3 is 0 Å². The van der Waals surface area contributed by atoms with E-state index in [4.69, 9.17) is 0 Å². The first kappa shape index (κ1) is 21.5. The summed E-state index contributed by atoms with van der Waals surface area (Å²) >= 11 is 0. The number of aromatic amines is 4. The van der Waals surface area contributed by atoms with Crippen LogP contribution in [0.3, 0.4) is 0 Å². The lowest BCUT2D eigenvalue weighted by atomic mass is 10.2. The zero-order chi connectivity index (χ0) is 26.0. The standard InChI is InChI=1S/C26H16N8O4/c35-11-15-17-25(33(31-15)13-7-3-1-4-8-13)29-21-19(27-17)24(38)22-20(23(21)37)28-18-16(12-36)32-34(26(18)30-22)14-9-5-2-6-10-14/h1-12,27-30H. The largest absolute Gasteiger partial charge is 0.345 e. The number of H-pyrrole nitrogens is 4. The van der Waals surface area contributed by atoms with Crippen molar-refractivity contribution in [3.05, 3.63) is 92.5 Å². The van der Waals surface area contributed by atoms with E-state index < -0.39 is 10.9 Å². The van der Waals surface area contributed by atoms with Crippen LogP contribution in [0.5, 0.6) is 0 Å². The summed E-state index contributed by atoms with van der Waals surface area (Å²) in [5, 5.41) is 8.70. The number of hydrogen-bond acceptors (Lipinski definition) is 6. The molecule has 0 atom stereocenters. The molecule has 0 saturated heterocycles. The van der Waals surface area contributed by atoms with E-state index in [0.29, 0.717) is 35.2 Å². The van der Waals surface area contributed by atoms with E-state index in [-0.39, 0.29) is 44.5 Å². The van der Waals surface area contributed by atoms with E-state index in [1.807, 2.05) is 36.4 Å². The number of aromatic nitrogens is 8. The molecule has 38 heavy (non-hydrogen) atoms. The van der Waals surface area contributed by atoms with Gasteiger partial charge in [0.2, 0.25) is 10.9 Å². The fraction of sp³-hybridized carbons (Fsp3) is 0. The minimum Gasteiger partial charge on any atom is -0.345 e. The van der Waals surface area contributed by atoms with Crippen LogP contribution in [0.2, 0.25) is 0 Å². The Morgan fingerprint density at radius 2 is 0.895 bits per heavy atom. The Labute approximate surface area is 210 Å². The van der Waals surface area contributed by atoms with Gasteiger partial charge in [-0.2, -0.15) is 10.2 Å². The quantitative estimate of drug-likeness (QED) is 0.212. The van der Waals surface area contributed by atoms with Crippen LogP contribution in [0.4, 0.5) is 0 Å². The lowest BCUT2D eigenvalue weighted by Crippen LogP contribution is -2.18. The number of rotatable bonds is 4.